The Balaban J connectivity index is 2.89. The number of aromatic nitrogens is 1. The molecule has 1 aromatic rings. The van der Waals surface area contributed by atoms with E-state index >= 15 is 0 Å². The van der Waals surface area contributed by atoms with Crippen molar-refractivity contribution in [3.63, 3.8) is 0 Å². The number of hydrogen-bond donors (Lipinski definition) is 1. The number of aliphatic hydroxyl groups excluding tert-OH is 1. The summed E-state index contributed by atoms with van der Waals surface area (Å²) >= 11 is 0. The van der Waals surface area contributed by atoms with Crippen LogP contribution < -0.4 is 0 Å². The van der Waals surface area contributed by atoms with Crippen molar-refractivity contribution in [2.75, 3.05) is 19.7 Å². The topological polar surface area (TPSA) is 66.6 Å². The van der Waals surface area contributed by atoms with E-state index in [1.807, 2.05) is 20.8 Å². The molecule has 1 unspecified atom stereocenters. The summed E-state index contributed by atoms with van der Waals surface area (Å²) in [5.41, 5.74) is 1.61. The van der Waals surface area contributed by atoms with Crippen LogP contribution in [0.3, 0.4) is 0 Å². The smallest absolute Gasteiger partial charge is 0.230 e. The summed E-state index contributed by atoms with van der Waals surface area (Å²) in [5, 5.41) is 12.8. The molecule has 1 rings (SSSR count). The Morgan fingerprint density at radius 3 is 2.59 bits per heavy atom. The Morgan fingerprint density at radius 1 is 1.53 bits per heavy atom. The molecular formula is C12H20N2O3. The van der Waals surface area contributed by atoms with E-state index < -0.39 is 0 Å². The molecule has 96 valence electrons. The number of amides is 1. The Hall–Kier alpha value is -1.36. The molecule has 1 heterocycles. The van der Waals surface area contributed by atoms with Crippen molar-refractivity contribution < 1.29 is 14.4 Å². The lowest BCUT2D eigenvalue weighted by atomic mass is 9.98. The van der Waals surface area contributed by atoms with E-state index in [4.69, 9.17) is 9.63 Å². The van der Waals surface area contributed by atoms with Gasteiger partial charge in [0.1, 0.15) is 5.76 Å². The third kappa shape index (κ3) is 2.85. The molecule has 5 heteroatoms. The van der Waals surface area contributed by atoms with Crippen molar-refractivity contribution in [2.45, 2.75) is 33.6 Å². The van der Waals surface area contributed by atoms with Gasteiger partial charge in [-0.3, -0.25) is 4.79 Å². The lowest BCUT2D eigenvalue weighted by Gasteiger charge is -2.23. The Kier molecular flexibility index (Phi) is 4.69. The van der Waals surface area contributed by atoms with Crippen LogP contribution in [0.4, 0.5) is 0 Å². The average molecular weight is 240 g/mol. The van der Waals surface area contributed by atoms with Crippen molar-refractivity contribution in [2.24, 2.45) is 0 Å². The van der Waals surface area contributed by atoms with Crippen LogP contribution >= 0.6 is 0 Å². The second-order valence-corrected chi connectivity index (χ2v) is 4.10. The molecule has 1 N–H and O–H groups in total. The van der Waals surface area contributed by atoms with Crippen molar-refractivity contribution in [1.29, 1.82) is 0 Å². The SMILES string of the molecule is CCN(CCO)C(=O)C(C)c1c(C)noc1C. The maximum absolute atomic E-state index is 12.2. The van der Waals surface area contributed by atoms with E-state index in [0.717, 1.165) is 11.3 Å². The zero-order valence-corrected chi connectivity index (χ0v) is 10.9. The third-order valence-electron chi connectivity index (χ3n) is 2.96. The molecule has 0 spiro atoms. The Labute approximate surface area is 101 Å². The average Bonchev–Trinajstić information content (AvgIpc) is 2.64. The number of hydrogen-bond acceptors (Lipinski definition) is 4. The number of carbonyl (C=O) groups is 1. The highest BCUT2D eigenvalue weighted by Crippen LogP contribution is 2.24. The van der Waals surface area contributed by atoms with Gasteiger partial charge in [-0.15, -0.1) is 0 Å². The molecule has 1 atom stereocenters. The Morgan fingerprint density at radius 2 is 2.18 bits per heavy atom. The summed E-state index contributed by atoms with van der Waals surface area (Å²) in [6.45, 7) is 8.31. The first-order valence-corrected chi connectivity index (χ1v) is 5.85. The minimum Gasteiger partial charge on any atom is -0.395 e. The van der Waals surface area contributed by atoms with E-state index in [2.05, 4.69) is 5.16 Å². The molecular weight excluding hydrogens is 220 g/mol. The minimum absolute atomic E-state index is 0.00375. The van der Waals surface area contributed by atoms with Gasteiger partial charge in [0.25, 0.3) is 0 Å². The number of aryl methyl sites for hydroxylation is 2. The number of aliphatic hydroxyl groups is 1. The van der Waals surface area contributed by atoms with Crippen LogP contribution in [0.2, 0.25) is 0 Å². The largest absolute Gasteiger partial charge is 0.395 e. The van der Waals surface area contributed by atoms with Crippen LogP contribution in [-0.4, -0.2) is 40.8 Å². The van der Waals surface area contributed by atoms with Gasteiger partial charge >= 0.3 is 0 Å². The second-order valence-electron chi connectivity index (χ2n) is 4.10. The predicted octanol–water partition coefficient (Wildman–Crippen LogP) is 1.24. The summed E-state index contributed by atoms with van der Waals surface area (Å²) in [6, 6.07) is 0. The molecule has 0 aliphatic carbocycles. The van der Waals surface area contributed by atoms with Crippen LogP contribution in [0.5, 0.6) is 0 Å². The molecule has 0 aliphatic heterocycles. The van der Waals surface area contributed by atoms with Gasteiger partial charge in [0.2, 0.25) is 5.91 Å². The van der Waals surface area contributed by atoms with E-state index in [9.17, 15) is 4.79 Å². The molecule has 1 amide bonds. The van der Waals surface area contributed by atoms with Gasteiger partial charge in [0, 0.05) is 18.7 Å². The zero-order chi connectivity index (χ0) is 13.0. The third-order valence-corrected chi connectivity index (χ3v) is 2.96. The zero-order valence-electron chi connectivity index (χ0n) is 10.9. The van der Waals surface area contributed by atoms with Crippen LogP contribution in [0, 0.1) is 13.8 Å². The van der Waals surface area contributed by atoms with E-state index in [1.54, 1.807) is 11.8 Å². The number of likely N-dealkylation sites (N-methyl/N-ethyl adjacent to an activating group) is 1. The van der Waals surface area contributed by atoms with Gasteiger partial charge < -0.3 is 14.5 Å². The van der Waals surface area contributed by atoms with Gasteiger partial charge in [-0.2, -0.15) is 0 Å². The quantitative estimate of drug-likeness (QED) is 0.840. The monoisotopic (exact) mass is 240 g/mol. The molecule has 1 aromatic heterocycles. The maximum Gasteiger partial charge on any atom is 0.230 e. The molecule has 0 bridgehead atoms. The van der Waals surface area contributed by atoms with E-state index in [1.165, 1.54) is 0 Å². The second kappa shape index (κ2) is 5.82. The van der Waals surface area contributed by atoms with Gasteiger partial charge in [0.05, 0.1) is 18.2 Å². The fourth-order valence-electron chi connectivity index (χ4n) is 2.05. The van der Waals surface area contributed by atoms with Gasteiger partial charge in [-0.05, 0) is 27.7 Å². The first kappa shape index (κ1) is 13.7. The summed E-state index contributed by atoms with van der Waals surface area (Å²) in [4.78, 5) is 13.8. The minimum atomic E-state index is -0.284. The molecule has 17 heavy (non-hydrogen) atoms. The lowest BCUT2D eigenvalue weighted by Crippen LogP contribution is -2.36. The summed E-state index contributed by atoms with van der Waals surface area (Å²) < 4.78 is 5.07. The highest BCUT2D eigenvalue weighted by Gasteiger charge is 2.25. The molecule has 5 nitrogen and oxygen atoms in total. The van der Waals surface area contributed by atoms with Crippen molar-refractivity contribution in [3.05, 3.63) is 17.0 Å². The highest BCUT2D eigenvalue weighted by atomic mass is 16.5. The standard InChI is InChI=1S/C12H20N2O3/c1-5-14(6-7-15)12(16)8(2)11-9(3)13-17-10(11)4/h8,15H,5-7H2,1-4H3. The van der Waals surface area contributed by atoms with Crippen molar-refractivity contribution in [1.82, 2.24) is 10.1 Å². The van der Waals surface area contributed by atoms with Crippen LogP contribution in [0.1, 0.15) is 36.8 Å². The number of nitrogens with zero attached hydrogens (tertiary/aromatic N) is 2. The molecule has 0 aromatic carbocycles. The maximum atomic E-state index is 12.2. The highest BCUT2D eigenvalue weighted by molar-refractivity contribution is 5.83. The van der Waals surface area contributed by atoms with Gasteiger partial charge in [-0.1, -0.05) is 5.16 Å². The fourth-order valence-corrected chi connectivity index (χ4v) is 2.05. The van der Waals surface area contributed by atoms with E-state index in [-0.39, 0.29) is 18.4 Å². The molecule has 0 aliphatic rings. The number of rotatable bonds is 5. The molecule has 0 saturated heterocycles. The predicted molar refractivity (Wildman–Crippen MR) is 63.7 cm³/mol. The number of carbonyl (C=O) groups excluding carboxylic acids is 1. The fraction of sp³-hybridized carbons (Fsp3) is 0.667. The van der Waals surface area contributed by atoms with Crippen LogP contribution in [0.25, 0.3) is 0 Å². The first-order valence-electron chi connectivity index (χ1n) is 5.85. The molecule has 0 fully saturated rings. The summed E-state index contributed by atoms with van der Waals surface area (Å²) in [7, 11) is 0. The van der Waals surface area contributed by atoms with Crippen molar-refractivity contribution >= 4 is 5.91 Å². The van der Waals surface area contributed by atoms with E-state index in [0.29, 0.717) is 18.8 Å². The van der Waals surface area contributed by atoms with Crippen molar-refractivity contribution in [3.8, 4) is 0 Å². The summed E-state index contributed by atoms with van der Waals surface area (Å²) in [6.07, 6.45) is 0. The summed E-state index contributed by atoms with van der Waals surface area (Å²) in [5.74, 6) is 0.395. The lowest BCUT2D eigenvalue weighted by molar-refractivity contribution is -0.132. The normalized spacial score (nSPS) is 12.5. The molecule has 0 saturated carbocycles. The van der Waals surface area contributed by atoms with Crippen LogP contribution in [-0.2, 0) is 4.79 Å². The van der Waals surface area contributed by atoms with Crippen LogP contribution in [0.15, 0.2) is 4.52 Å². The van der Waals surface area contributed by atoms with Gasteiger partial charge in [-0.25, -0.2) is 0 Å². The van der Waals surface area contributed by atoms with Gasteiger partial charge in [0.15, 0.2) is 0 Å². The Bertz CT molecular complexity index is 368. The molecule has 0 radical (unpaired) electrons. The first-order chi connectivity index (χ1) is 8.02.